The van der Waals surface area contributed by atoms with E-state index in [0.29, 0.717) is 6.54 Å². The van der Waals surface area contributed by atoms with E-state index in [4.69, 9.17) is 5.73 Å². The van der Waals surface area contributed by atoms with Crippen molar-refractivity contribution in [3.05, 3.63) is 35.4 Å². The van der Waals surface area contributed by atoms with Gasteiger partial charge in [-0.3, -0.25) is 0 Å². The molecule has 1 saturated carbocycles. The van der Waals surface area contributed by atoms with Gasteiger partial charge in [-0.2, -0.15) is 0 Å². The lowest BCUT2D eigenvalue weighted by Crippen LogP contribution is -2.43. The lowest BCUT2D eigenvalue weighted by atomic mass is 9.62. The molecule has 0 bridgehead atoms. The summed E-state index contributed by atoms with van der Waals surface area (Å²) in [5, 5.41) is 10.2. The fraction of sp³-hybridized carbons (Fsp3) is 0.571. The highest BCUT2D eigenvalue weighted by Gasteiger charge is 2.40. The van der Waals surface area contributed by atoms with Crippen LogP contribution in [0.25, 0.3) is 0 Å². The molecule has 0 unspecified atom stereocenters. The molecule has 88 valence electrons. The minimum Gasteiger partial charge on any atom is -0.386 e. The number of hydrogen-bond acceptors (Lipinski definition) is 2. The number of benzene rings is 1. The van der Waals surface area contributed by atoms with Crippen molar-refractivity contribution in [2.45, 2.75) is 44.1 Å². The van der Waals surface area contributed by atoms with Crippen LogP contribution in [0.4, 0.5) is 0 Å². The first-order valence-corrected chi connectivity index (χ1v) is 6.02. The average Bonchev–Trinajstić information content (AvgIpc) is 2.16. The third-order valence-electron chi connectivity index (χ3n) is 3.86. The quantitative estimate of drug-likeness (QED) is 0.819. The maximum absolute atomic E-state index is 10.2. The predicted molar refractivity (Wildman–Crippen MR) is 66.3 cm³/mol. The fourth-order valence-corrected chi connectivity index (χ4v) is 2.67. The van der Waals surface area contributed by atoms with Gasteiger partial charge in [0.1, 0.15) is 0 Å². The van der Waals surface area contributed by atoms with Crippen LogP contribution in [-0.2, 0) is 11.0 Å². The lowest BCUT2D eigenvalue weighted by molar-refractivity contribution is 0.0743. The third kappa shape index (κ3) is 1.76. The van der Waals surface area contributed by atoms with Crippen LogP contribution in [0.3, 0.4) is 0 Å². The predicted octanol–water partition coefficient (Wildman–Crippen LogP) is 2.29. The zero-order valence-electron chi connectivity index (χ0n) is 10.2. The van der Waals surface area contributed by atoms with Crippen LogP contribution in [0.1, 0.15) is 44.2 Å². The van der Waals surface area contributed by atoms with Gasteiger partial charge in [0.2, 0.25) is 0 Å². The summed E-state index contributed by atoms with van der Waals surface area (Å²) in [5.74, 6) is 0. The van der Waals surface area contributed by atoms with Crippen molar-refractivity contribution in [1.82, 2.24) is 0 Å². The highest BCUT2D eigenvalue weighted by Crippen LogP contribution is 2.45. The molecule has 1 aliphatic carbocycles. The minimum absolute atomic E-state index is 0.122. The molecule has 0 spiro atoms. The second kappa shape index (κ2) is 3.86. The highest BCUT2D eigenvalue weighted by atomic mass is 16.3. The Morgan fingerprint density at radius 2 is 1.94 bits per heavy atom. The summed E-state index contributed by atoms with van der Waals surface area (Å²) < 4.78 is 0. The average molecular weight is 219 g/mol. The van der Waals surface area contributed by atoms with Gasteiger partial charge in [-0.05, 0) is 37.8 Å². The second-order valence-electron chi connectivity index (χ2n) is 5.44. The van der Waals surface area contributed by atoms with Crippen molar-refractivity contribution in [2.24, 2.45) is 5.73 Å². The molecule has 0 radical (unpaired) electrons. The van der Waals surface area contributed by atoms with E-state index in [2.05, 4.69) is 6.07 Å². The first kappa shape index (κ1) is 11.6. The number of aliphatic hydroxyl groups is 1. The zero-order valence-corrected chi connectivity index (χ0v) is 10.2. The van der Waals surface area contributed by atoms with Gasteiger partial charge in [-0.1, -0.05) is 30.7 Å². The molecule has 0 saturated heterocycles. The largest absolute Gasteiger partial charge is 0.386 e. The smallest absolute Gasteiger partial charge is 0.0843 e. The molecule has 2 rings (SSSR count). The molecular formula is C14H21NO. The van der Waals surface area contributed by atoms with E-state index in [-0.39, 0.29) is 5.41 Å². The van der Waals surface area contributed by atoms with Gasteiger partial charge in [0, 0.05) is 12.0 Å². The lowest BCUT2D eigenvalue weighted by Gasteiger charge is -2.44. The van der Waals surface area contributed by atoms with E-state index in [1.807, 2.05) is 32.0 Å². The SMILES string of the molecule is CC(C)(O)c1ccccc1C1(CN)CCC1. The van der Waals surface area contributed by atoms with Gasteiger partial charge >= 0.3 is 0 Å². The van der Waals surface area contributed by atoms with Crippen LogP contribution in [0.2, 0.25) is 0 Å². The third-order valence-corrected chi connectivity index (χ3v) is 3.86. The molecule has 0 aliphatic heterocycles. The molecule has 0 atom stereocenters. The van der Waals surface area contributed by atoms with Gasteiger partial charge in [-0.15, -0.1) is 0 Å². The van der Waals surface area contributed by atoms with Gasteiger partial charge in [0.05, 0.1) is 5.60 Å². The minimum atomic E-state index is -0.783. The van der Waals surface area contributed by atoms with Crippen molar-refractivity contribution in [3.63, 3.8) is 0 Å². The molecule has 0 aromatic heterocycles. The Kier molecular flexibility index (Phi) is 2.81. The molecule has 0 amide bonds. The van der Waals surface area contributed by atoms with E-state index < -0.39 is 5.60 Å². The number of rotatable bonds is 3. The van der Waals surface area contributed by atoms with E-state index in [1.165, 1.54) is 12.0 Å². The highest BCUT2D eigenvalue weighted by molar-refractivity contribution is 5.39. The molecule has 16 heavy (non-hydrogen) atoms. The molecule has 2 heteroatoms. The summed E-state index contributed by atoms with van der Waals surface area (Å²) in [5.41, 5.74) is 7.54. The van der Waals surface area contributed by atoms with E-state index >= 15 is 0 Å². The summed E-state index contributed by atoms with van der Waals surface area (Å²) in [7, 11) is 0. The Morgan fingerprint density at radius 3 is 2.38 bits per heavy atom. The molecule has 1 fully saturated rings. The fourth-order valence-electron chi connectivity index (χ4n) is 2.67. The zero-order chi connectivity index (χ0) is 11.8. The summed E-state index contributed by atoms with van der Waals surface area (Å²) in [4.78, 5) is 0. The van der Waals surface area contributed by atoms with Crippen molar-refractivity contribution >= 4 is 0 Å². The molecule has 3 N–H and O–H groups in total. The van der Waals surface area contributed by atoms with Crippen molar-refractivity contribution in [3.8, 4) is 0 Å². The standard InChI is InChI=1S/C14H21NO/c1-13(2,16)11-6-3-4-7-12(11)14(10-15)8-5-9-14/h3-4,6-7,16H,5,8-10,15H2,1-2H3. The summed E-state index contributed by atoms with van der Waals surface area (Å²) >= 11 is 0. The van der Waals surface area contributed by atoms with Gasteiger partial charge in [-0.25, -0.2) is 0 Å². The Hall–Kier alpha value is -0.860. The monoisotopic (exact) mass is 219 g/mol. The topological polar surface area (TPSA) is 46.2 Å². The van der Waals surface area contributed by atoms with Crippen LogP contribution in [-0.4, -0.2) is 11.7 Å². The van der Waals surface area contributed by atoms with E-state index in [9.17, 15) is 5.11 Å². The first-order chi connectivity index (χ1) is 7.49. The summed E-state index contributed by atoms with van der Waals surface area (Å²) in [6.07, 6.45) is 3.55. The van der Waals surface area contributed by atoms with Gasteiger partial charge in [0.15, 0.2) is 0 Å². The Labute approximate surface area is 97.5 Å². The number of hydrogen-bond donors (Lipinski definition) is 2. The number of nitrogens with two attached hydrogens (primary N) is 1. The van der Waals surface area contributed by atoms with Gasteiger partial charge < -0.3 is 10.8 Å². The normalized spacial score (nSPS) is 19.2. The van der Waals surface area contributed by atoms with Gasteiger partial charge in [0.25, 0.3) is 0 Å². The van der Waals surface area contributed by atoms with Crippen molar-refractivity contribution in [1.29, 1.82) is 0 Å². The first-order valence-electron chi connectivity index (χ1n) is 6.02. The summed E-state index contributed by atoms with van der Waals surface area (Å²) in [6.45, 7) is 4.36. The van der Waals surface area contributed by atoms with Crippen molar-refractivity contribution in [2.75, 3.05) is 6.54 Å². The Bertz CT molecular complexity index is 369. The van der Waals surface area contributed by atoms with Crippen LogP contribution in [0.5, 0.6) is 0 Å². The van der Waals surface area contributed by atoms with Crippen LogP contribution in [0, 0.1) is 0 Å². The molecular weight excluding hydrogens is 198 g/mol. The molecule has 0 heterocycles. The maximum atomic E-state index is 10.2. The Morgan fingerprint density at radius 1 is 1.31 bits per heavy atom. The maximum Gasteiger partial charge on any atom is 0.0843 e. The molecule has 2 nitrogen and oxygen atoms in total. The second-order valence-corrected chi connectivity index (χ2v) is 5.44. The van der Waals surface area contributed by atoms with E-state index in [1.54, 1.807) is 0 Å². The van der Waals surface area contributed by atoms with Crippen LogP contribution in [0.15, 0.2) is 24.3 Å². The summed E-state index contributed by atoms with van der Waals surface area (Å²) in [6, 6.07) is 8.17. The molecule has 1 aliphatic rings. The van der Waals surface area contributed by atoms with Crippen LogP contribution >= 0.6 is 0 Å². The Balaban J connectivity index is 2.48. The molecule has 1 aromatic rings. The van der Waals surface area contributed by atoms with E-state index in [0.717, 1.165) is 18.4 Å². The van der Waals surface area contributed by atoms with Crippen molar-refractivity contribution < 1.29 is 5.11 Å². The molecule has 1 aromatic carbocycles. The van der Waals surface area contributed by atoms with Crippen LogP contribution < -0.4 is 5.73 Å².